The predicted octanol–water partition coefficient (Wildman–Crippen LogP) is 3.34. The molecule has 19 heavy (non-hydrogen) atoms. The minimum Gasteiger partial charge on any atom is -0.350 e. The first-order valence-electron chi connectivity index (χ1n) is 6.89. The fourth-order valence-corrected chi connectivity index (χ4v) is 2.79. The fourth-order valence-electron chi connectivity index (χ4n) is 2.48. The van der Waals surface area contributed by atoms with Gasteiger partial charge in [-0.1, -0.05) is 13.8 Å². The molecule has 1 saturated heterocycles. The SMILES string of the molecule is CC(C)NCC1CCCCN1c1ncc(Br)cc1F. The molecule has 0 aliphatic carbocycles. The molecule has 1 aromatic heterocycles. The minimum absolute atomic E-state index is 0.245. The number of nitrogens with zero attached hydrogens (tertiary/aromatic N) is 2. The lowest BCUT2D eigenvalue weighted by Crippen LogP contribution is -2.47. The quantitative estimate of drug-likeness (QED) is 0.918. The standard InChI is InChI=1S/C14H21BrFN3/c1-10(2)17-9-12-5-3-4-6-19(12)14-13(16)7-11(15)8-18-14/h7-8,10,12,17H,3-6,9H2,1-2H3. The van der Waals surface area contributed by atoms with E-state index in [0.717, 1.165) is 25.9 Å². The topological polar surface area (TPSA) is 28.2 Å². The average Bonchev–Trinajstić information content (AvgIpc) is 2.37. The summed E-state index contributed by atoms with van der Waals surface area (Å²) in [5.41, 5.74) is 0. The van der Waals surface area contributed by atoms with Crippen molar-refractivity contribution in [2.24, 2.45) is 0 Å². The molecule has 1 atom stereocenters. The van der Waals surface area contributed by atoms with Crippen LogP contribution in [0.3, 0.4) is 0 Å². The molecule has 1 fully saturated rings. The Morgan fingerprint density at radius 3 is 3.00 bits per heavy atom. The second-order valence-corrected chi connectivity index (χ2v) is 6.28. The van der Waals surface area contributed by atoms with Crippen LogP contribution in [0.25, 0.3) is 0 Å². The van der Waals surface area contributed by atoms with Crippen LogP contribution in [0, 0.1) is 5.82 Å². The van der Waals surface area contributed by atoms with Crippen molar-refractivity contribution in [1.29, 1.82) is 0 Å². The molecule has 3 nitrogen and oxygen atoms in total. The third-order valence-corrected chi connectivity index (χ3v) is 3.88. The molecule has 0 aromatic carbocycles. The highest BCUT2D eigenvalue weighted by Crippen LogP contribution is 2.26. The Morgan fingerprint density at radius 1 is 1.53 bits per heavy atom. The summed E-state index contributed by atoms with van der Waals surface area (Å²) in [6.07, 6.45) is 5.07. The van der Waals surface area contributed by atoms with Gasteiger partial charge >= 0.3 is 0 Å². The number of nitrogens with one attached hydrogen (secondary N) is 1. The fraction of sp³-hybridized carbons (Fsp3) is 0.643. The Hall–Kier alpha value is -0.680. The number of rotatable bonds is 4. The number of hydrogen-bond donors (Lipinski definition) is 1. The van der Waals surface area contributed by atoms with Gasteiger partial charge in [0, 0.05) is 35.8 Å². The zero-order valence-corrected chi connectivity index (χ0v) is 13.1. The number of hydrogen-bond acceptors (Lipinski definition) is 3. The second kappa shape index (κ2) is 6.66. The zero-order valence-electron chi connectivity index (χ0n) is 11.5. The zero-order chi connectivity index (χ0) is 13.8. The maximum Gasteiger partial charge on any atom is 0.166 e. The minimum atomic E-state index is -0.245. The first kappa shape index (κ1) is 14.7. The summed E-state index contributed by atoms with van der Waals surface area (Å²) in [6.45, 7) is 6.03. The molecule has 0 radical (unpaired) electrons. The second-order valence-electron chi connectivity index (χ2n) is 5.36. The summed E-state index contributed by atoms with van der Waals surface area (Å²) in [7, 11) is 0. The van der Waals surface area contributed by atoms with Crippen LogP contribution in [0.2, 0.25) is 0 Å². The van der Waals surface area contributed by atoms with Crippen LogP contribution in [-0.4, -0.2) is 30.2 Å². The number of halogens is 2. The molecule has 0 spiro atoms. The Balaban J connectivity index is 2.14. The van der Waals surface area contributed by atoms with Crippen LogP contribution in [0.5, 0.6) is 0 Å². The molecule has 106 valence electrons. The van der Waals surface area contributed by atoms with Crippen LogP contribution < -0.4 is 10.2 Å². The highest BCUT2D eigenvalue weighted by Gasteiger charge is 2.25. The lowest BCUT2D eigenvalue weighted by molar-refractivity contribution is 0.413. The molecule has 1 N–H and O–H groups in total. The van der Waals surface area contributed by atoms with E-state index in [-0.39, 0.29) is 5.82 Å². The van der Waals surface area contributed by atoms with Crippen molar-refractivity contribution in [3.8, 4) is 0 Å². The summed E-state index contributed by atoms with van der Waals surface area (Å²) < 4.78 is 14.7. The highest BCUT2D eigenvalue weighted by atomic mass is 79.9. The summed E-state index contributed by atoms with van der Waals surface area (Å²) >= 11 is 3.25. The van der Waals surface area contributed by atoms with Crippen molar-refractivity contribution >= 4 is 21.7 Å². The largest absolute Gasteiger partial charge is 0.350 e. The molecule has 5 heteroatoms. The van der Waals surface area contributed by atoms with E-state index in [1.165, 1.54) is 12.5 Å². The number of anilines is 1. The molecular formula is C14H21BrFN3. The van der Waals surface area contributed by atoms with Crippen LogP contribution in [0.1, 0.15) is 33.1 Å². The van der Waals surface area contributed by atoms with Gasteiger partial charge in [0.1, 0.15) is 0 Å². The Morgan fingerprint density at radius 2 is 2.32 bits per heavy atom. The monoisotopic (exact) mass is 329 g/mol. The number of piperidine rings is 1. The van der Waals surface area contributed by atoms with Gasteiger partial charge in [0.25, 0.3) is 0 Å². The predicted molar refractivity (Wildman–Crippen MR) is 80.0 cm³/mol. The molecule has 0 bridgehead atoms. The molecule has 1 aromatic rings. The summed E-state index contributed by atoms with van der Waals surface area (Å²) in [4.78, 5) is 6.37. The van der Waals surface area contributed by atoms with Crippen LogP contribution in [0.15, 0.2) is 16.7 Å². The molecule has 0 saturated carbocycles. The van der Waals surface area contributed by atoms with Gasteiger partial charge in [0.15, 0.2) is 11.6 Å². The molecule has 2 heterocycles. The first-order chi connectivity index (χ1) is 9.08. The molecule has 1 unspecified atom stereocenters. The van der Waals surface area contributed by atoms with Crippen molar-refractivity contribution in [1.82, 2.24) is 10.3 Å². The van der Waals surface area contributed by atoms with Gasteiger partial charge in [-0.05, 0) is 41.3 Å². The molecular weight excluding hydrogens is 309 g/mol. The van der Waals surface area contributed by atoms with E-state index >= 15 is 0 Å². The van der Waals surface area contributed by atoms with Gasteiger partial charge in [-0.15, -0.1) is 0 Å². The average molecular weight is 330 g/mol. The molecule has 1 aliphatic rings. The summed E-state index contributed by atoms with van der Waals surface area (Å²) in [5, 5.41) is 3.44. The lowest BCUT2D eigenvalue weighted by atomic mass is 10.0. The molecule has 0 amide bonds. The maximum absolute atomic E-state index is 14.1. The Kier molecular flexibility index (Phi) is 5.16. The smallest absolute Gasteiger partial charge is 0.166 e. The van der Waals surface area contributed by atoms with E-state index in [2.05, 4.69) is 45.0 Å². The van der Waals surface area contributed by atoms with Crippen molar-refractivity contribution in [3.63, 3.8) is 0 Å². The van der Waals surface area contributed by atoms with Gasteiger partial charge in [0.05, 0.1) is 0 Å². The summed E-state index contributed by atoms with van der Waals surface area (Å²) in [5.74, 6) is 0.240. The lowest BCUT2D eigenvalue weighted by Gasteiger charge is -2.37. The van der Waals surface area contributed by atoms with Gasteiger partial charge < -0.3 is 10.2 Å². The third kappa shape index (κ3) is 3.89. The van der Waals surface area contributed by atoms with E-state index in [0.29, 0.717) is 22.4 Å². The van der Waals surface area contributed by atoms with Gasteiger partial charge in [-0.3, -0.25) is 0 Å². The van der Waals surface area contributed by atoms with E-state index in [1.54, 1.807) is 6.20 Å². The van der Waals surface area contributed by atoms with E-state index < -0.39 is 0 Å². The third-order valence-electron chi connectivity index (χ3n) is 3.45. The first-order valence-corrected chi connectivity index (χ1v) is 7.68. The number of pyridine rings is 1. The van der Waals surface area contributed by atoms with Crippen molar-refractivity contribution in [3.05, 3.63) is 22.6 Å². The van der Waals surface area contributed by atoms with Crippen LogP contribution >= 0.6 is 15.9 Å². The van der Waals surface area contributed by atoms with Gasteiger partial charge in [-0.2, -0.15) is 0 Å². The van der Waals surface area contributed by atoms with Crippen LogP contribution in [0.4, 0.5) is 10.2 Å². The number of aromatic nitrogens is 1. The molecule has 1 aliphatic heterocycles. The van der Waals surface area contributed by atoms with Crippen molar-refractivity contribution < 1.29 is 4.39 Å². The Labute approximate surface area is 122 Å². The molecule has 2 rings (SSSR count). The van der Waals surface area contributed by atoms with E-state index in [1.807, 2.05) is 0 Å². The summed E-state index contributed by atoms with van der Waals surface area (Å²) in [6, 6.07) is 2.27. The van der Waals surface area contributed by atoms with E-state index in [9.17, 15) is 4.39 Å². The highest BCUT2D eigenvalue weighted by molar-refractivity contribution is 9.10. The maximum atomic E-state index is 14.1. The van der Waals surface area contributed by atoms with Gasteiger partial charge in [0.2, 0.25) is 0 Å². The Bertz CT molecular complexity index is 425. The van der Waals surface area contributed by atoms with Gasteiger partial charge in [-0.25, -0.2) is 9.37 Å². The van der Waals surface area contributed by atoms with Crippen LogP contribution in [-0.2, 0) is 0 Å². The van der Waals surface area contributed by atoms with Crippen molar-refractivity contribution in [2.75, 3.05) is 18.0 Å². The van der Waals surface area contributed by atoms with E-state index in [4.69, 9.17) is 0 Å². The van der Waals surface area contributed by atoms with Crippen molar-refractivity contribution in [2.45, 2.75) is 45.2 Å². The normalized spacial score (nSPS) is 20.1.